The van der Waals surface area contributed by atoms with Crippen molar-refractivity contribution in [3.8, 4) is 11.5 Å². The summed E-state index contributed by atoms with van der Waals surface area (Å²) >= 11 is 6.36. The lowest BCUT2D eigenvalue weighted by Crippen LogP contribution is -2.33. The average Bonchev–Trinajstić information content (AvgIpc) is 3.12. The van der Waals surface area contributed by atoms with Gasteiger partial charge in [-0.15, -0.1) is 0 Å². The first-order chi connectivity index (χ1) is 15.0. The Morgan fingerprint density at radius 2 is 1.74 bits per heavy atom. The van der Waals surface area contributed by atoms with Gasteiger partial charge in [0.2, 0.25) is 0 Å². The molecule has 1 aliphatic heterocycles. The zero-order valence-corrected chi connectivity index (χ0v) is 18.2. The van der Waals surface area contributed by atoms with Crippen LogP contribution in [0.15, 0.2) is 77.4 Å². The molecule has 31 heavy (non-hydrogen) atoms. The standard InChI is InChI=1S/C25H21ClN2O3/c1-16-20(26)11-7-12-22(16)28-24(18-9-6-10-19(14-18)30-2)27-21(25(28)29)15-17-8-4-5-13-23(17)31-3/h4-15H,1-3H3. The van der Waals surface area contributed by atoms with E-state index in [0.717, 1.165) is 16.7 Å². The summed E-state index contributed by atoms with van der Waals surface area (Å²) in [5.41, 5.74) is 3.32. The molecule has 0 atom stereocenters. The molecule has 0 saturated carbocycles. The van der Waals surface area contributed by atoms with Crippen LogP contribution in [-0.4, -0.2) is 26.0 Å². The van der Waals surface area contributed by atoms with Gasteiger partial charge in [-0.25, -0.2) is 4.99 Å². The van der Waals surface area contributed by atoms with Gasteiger partial charge in [-0.2, -0.15) is 0 Å². The lowest BCUT2D eigenvalue weighted by atomic mass is 10.1. The minimum Gasteiger partial charge on any atom is -0.497 e. The van der Waals surface area contributed by atoms with E-state index in [1.54, 1.807) is 31.3 Å². The maximum Gasteiger partial charge on any atom is 0.282 e. The summed E-state index contributed by atoms with van der Waals surface area (Å²) in [4.78, 5) is 19.8. The molecular weight excluding hydrogens is 412 g/mol. The number of hydrogen-bond acceptors (Lipinski definition) is 4. The molecule has 0 fully saturated rings. The molecule has 0 radical (unpaired) electrons. The summed E-state index contributed by atoms with van der Waals surface area (Å²) < 4.78 is 10.8. The topological polar surface area (TPSA) is 51.1 Å². The number of benzene rings is 3. The number of carbonyl (C=O) groups excluding carboxylic acids is 1. The van der Waals surface area contributed by atoms with E-state index in [1.165, 1.54) is 0 Å². The normalized spacial score (nSPS) is 14.7. The first-order valence-electron chi connectivity index (χ1n) is 9.71. The number of halogens is 1. The number of hydrogen-bond donors (Lipinski definition) is 0. The summed E-state index contributed by atoms with van der Waals surface area (Å²) in [5, 5.41) is 0.581. The number of amidine groups is 1. The van der Waals surface area contributed by atoms with Gasteiger partial charge in [-0.1, -0.05) is 48.0 Å². The van der Waals surface area contributed by atoms with Crippen LogP contribution in [0.25, 0.3) is 6.08 Å². The number of rotatable bonds is 5. The van der Waals surface area contributed by atoms with Gasteiger partial charge in [-0.05, 0) is 48.9 Å². The van der Waals surface area contributed by atoms with Gasteiger partial charge < -0.3 is 9.47 Å². The van der Waals surface area contributed by atoms with Crippen LogP contribution in [0, 0.1) is 6.92 Å². The van der Waals surface area contributed by atoms with E-state index in [-0.39, 0.29) is 5.91 Å². The van der Waals surface area contributed by atoms with E-state index in [9.17, 15) is 4.79 Å². The van der Waals surface area contributed by atoms with Crippen molar-refractivity contribution >= 4 is 35.1 Å². The molecule has 0 unspecified atom stereocenters. The first kappa shape index (κ1) is 20.7. The van der Waals surface area contributed by atoms with E-state index < -0.39 is 0 Å². The highest BCUT2D eigenvalue weighted by molar-refractivity contribution is 6.35. The maximum absolute atomic E-state index is 13.5. The van der Waals surface area contributed by atoms with Gasteiger partial charge in [0, 0.05) is 16.1 Å². The second-order valence-corrected chi connectivity index (χ2v) is 7.37. The van der Waals surface area contributed by atoms with Gasteiger partial charge in [0.05, 0.1) is 19.9 Å². The van der Waals surface area contributed by atoms with Gasteiger partial charge in [0.1, 0.15) is 23.0 Å². The van der Waals surface area contributed by atoms with Crippen molar-refractivity contribution in [3.05, 3.63) is 94.1 Å². The second-order valence-electron chi connectivity index (χ2n) is 6.96. The molecule has 0 aliphatic carbocycles. The molecule has 0 aromatic heterocycles. The average molecular weight is 433 g/mol. The molecule has 156 valence electrons. The van der Waals surface area contributed by atoms with E-state index in [0.29, 0.717) is 33.7 Å². The molecule has 3 aromatic carbocycles. The van der Waals surface area contributed by atoms with Gasteiger partial charge in [0.15, 0.2) is 0 Å². The van der Waals surface area contributed by atoms with Crippen molar-refractivity contribution in [1.29, 1.82) is 0 Å². The molecule has 0 N–H and O–H groups in total. The third kappa shape index (κ3) is 3.92. The number of nitrogens with zero attached hydrogens (tertiary/aromatic N) is 2. The highest BCUT2D eigenvalue weighted by Crippen LogP contribution is 2.34. The number of methoxy groups -OCH3 is 2. The van der Waals surface area contributed by atoms with Crippen LogP contribution in [0.2, 0.25) is 5.02 Å². The summed E-state index contributed by atoms with van der Waals surface area (Å²) in [7, 11) is 3.20. The highest BCUT2D eigenvalue weighted by atomic mass is 35.5. The number of aliphatic imine (C=N–C) groups is 1. The van der Waals surface area contributed by atoms with E-state index in [2.05, 4.69) is 0 Å². The molecule has 0 spiro atoms. The molecule has 4 rings (SSSR count). The second kappa shape index (κ2) is 8.66. The smallest absolute Gasteiger partial charge is 0.282 e. The van der Waals surface area contributed by atoms with Crippen molar-refractivity contribution in [2.24, 2.45) is 4.99 Å². The zero-order valence-electron chi connectivity index (χ0n) is 17.4. The predicted octanol–water partition coefficient (Wildman–Crippen LogP) is 5.50. The number of ether oxygens (including phenoxy) is 2. The van der Waals surface area contributed by atoms with E-state index in [1.807, 2.05) is 67.6 Å². The number of carbonyl (C=O) groups is 1. The number of anilines is 1. The minimum absolute atomic E-state index is 0.242. The fraction of sp³-hybridized carbons (Fsp3) is 0.120. The van der Waals surface area contributed by atoms with Gasteiger partial charge in [-0.3, -0.25) is 9.69 Å². The van der Waals surface area contributed by atoms with Crippen LogP contribution < -0.4 is 14.4 Å². The summed E-state index contributed by atoms with van der Waals surface area (Å²) in [6.45, 7) is 1.88. The first-order valence-corrected chi connectivity index (χ1v) is 10.1. The summed E-state index contributed by atoms with van der Waals surface area (Å²) in [5.74, 6) is 1.61. The fourth-order valence-corrected chi connectivity index (χ4v) is 3.64. The summed E-state index contributed by atoms with van der Waals surface area (Å²) in [6.07, 6.45) is 1.74. The lowest BCUT2D eigenvalue weighted by molar-refractivity contribution is -0.113. The van der Waals surface area contributed by atoms with Crippen LogP contribution in [0.1, 0.15) is 16.7 Å². The minimum atomic E-state index is -0.242. The SMILES string of the molecule is COc1cccc(C2=NC(=Cc3ccccc3OC)C(=O)N2c2cccc(Cl)c2C)c1. The quantitative estimate of drug-likeness (QED) is 0.500. The molecule has 1 aliphatic rings. The Morgan fingerprint density at radius 1 is 0.968 bits per heavy atom. The Balaban J connectivity index is 1.89. The van der Waals surface area contributed by atoms with Crippen molar-refractivity contribution in [1.82, 2.24) is 0 Å². The largest absolute Gasteiger partial charge is 0.497 e. The van der Waals surface area contributed by atoms with Crippen LogP contribution in [0.3, 0.4) is 0 Å². The van der Waals surface area contributed by atoms with E-state index >= 15 is 0 Å². The number of amides is 1. The molecule has 3 aromatic rings. The Bertz CT molecular complexity index is 1220. The predicted molar refractivity (Wildman–Crippen MR) is 124 cm³/mol. The van der Waals surface area contributed by atoms with Crippen LogP contribution in [0.5, 0.6) is 11.5 Å². The van der Waals surface area contributed by atoms with Crippen molar-refractivity contribution in [2.45, 2.75) is 6.92 Å². The third-order valence-electron chi connectivity index (χ3n) is 5.10. The maximum atomic E-state index is 13.5. The molecule has 6 heteroatoms. The molecule has 1 heterocycles. The Morgan fingerprint density at radius 3 is 2.52 bits per heavy atom. The van der Waals surface area contributed by atoms with Crippen LogP contribution in [-0.2, 0) is 4.79 Å². The fourth-order valence-electron chi connectivity index (χ4n) is 3.47. The third-order valence-corrected chi connectivity index (χ3v) is 5.51. The van der Waals surface area contributed by atoms with Gasteiger partial charge >= 0.3 is 0 Å². The molecule has 5 nitrogen and oxygen atoms in total. The monoisotopic (exact) mass is 432 g/mol. The number of para-hydroxylation sites is 1. The summed E-state index contributed by atoms with van der Waals surface area (Å²) in [6, 6.07) is 20.4. The molecule has 0 bridgehead atoms. The Kier molecular flexibility index (Phi) is 5.78. The lowest BCUT2D eigenvalue weighted by Gasteiger charge is -2.21. The van der Waals surface area contributed by atoms with Crippen molar-refractivity contribution in [3.63, 3.8) is 0 Å². The van der Waals surface area contributed by atoms with Crippen LogP contribution in [0.4, 0.5) is 5.69 Å². The van der Waals surface area contributed by atoms with Gasteiger partial charge in [0.25, 0.3) is 5.91 Å². The molecular formula is C25H21ClN2O3. The van der Waals surface area contributed by atoms with Crippen molar-refractivity contribution < 1.29 is 14.3 Å². The van der Waals surface area contributed by atoms with Crippen LogP contribution >= 0.6 is 11.6 Å². The Hall–Kier alpha value is -3.57. The molecule has 1 amide bonds. The zero-order chi connectivity index (χ0) is 22.0. The Labute approximate surface area is 186 Å². The van der Waals surface area contributed by atoms with E-state index in [4.69, 9.17) is 26.1 Å². The van der Waals surface area contributed by atoms with Crippen molar-refractivity contribution in [2.75, 3.05) is 19.1 Å². The highest BCUT2D eigenvalue weighted by Gasteiger charge is 2.34. The molecule has 0 saturated heterocycles.